The molecule has 4 atom stereocenters. The summed E-state index contributed by atoms with van der Waals surface area (Å²) in [5.74, 6) is -2.59. The molecule has 12 aromatic carbocycles. The minimum atomic E-state index is -4.82. The second kappa shape index (κ2) is 47.8. The molecule has 4 saturated heterocycles. The number of amides is 1. The summed E-state index contributed by atoms with van der Waals surface area (Å²) in [7, 11) is 1.18. The van der Waals surface area contributed by atoms with Crippen molar-refractivity contribution in [2.45, 2.75) is 150 Å². The van der Waals surface area contributed by atoms with Gasteiger partial charge in [-0.15, -0.1) is 34.5 Å². The fourth-order valence-corrected chi connectivity index (χ4v) is 23.3. The van der Waals surface area contributed by atoms with Gasteiger partial charge in [0, 0.05) is 113 Å². The molecule has 6 aliphatic heterocycles. The molecule has 13 aromatic rings. The summed E-state index contributed by atoms with van der Waals surface area (Å²) in [5, 5.41) is 30.5. The van der Waals surface area contributed by atoms with Crippen LogP contribution in [0.3, 0.4) is 0 Å². The van der Waals surface area contributed by atoms with E-state index in [4.69, 9.17) is 38.5 Å². The van der Waals surface area contributed by atoms with Gasteiger partial charge in [0.1, 0.15) is 0 Å². The number of rotatable bonds is 12. The van der Waals surface area contributed by atoms with E-state index < -0.39 is 18.1 Å². The zero-order valence-electron chi connectivity index (χ0n) is 66.9. The minimum absolute atomic E-state index is 0. The number of carbonyl (C=O) groups is 3. The van der Waals surface area contributed by atoms with E-state index in [2.05, 4.69) is 149 Å². The van der Waals surface area contributed by atoms with Crippen LogP contribution in [0.2, 0.25) is 0 Å². The molecule has 1 aromatic heterocycles. The zero-order valence-corrected chi connectivity index (χ0v) is 80.2. The number of piperidine rings is 2. The number of halogens is 5. The van der Waals surface area contributed by atoms with Gasteiger partial charge in [-0.1, -0.05) is 245 Å². The summed E-state index contributed by atoms with van der Waals surface area (Å²) in [5.41, 5.74) is 11.1. The van der Waals surface area contributed by atoms with Crippen LogP contribution in [0.4, 0.5) is 13.2 Å². The average molecular weight is 1860 g/mol. The van der Waals surface area contributed by atoms with Gasteiger partial charge in [0.05, 0.1) is 18.0 Å². The van der Waals surface area contributed by atoms with Crippen molar-refractivity contribution >= 4 is 167 Å². The average Bonchev–Trinajstić information content (AvgIpc) is 1.50. The molecule has 6 aliphatic rings. The third-order valence-corrected chi connectivity index (χ3v) is 28.4. The summed E-state index contributed by atoms with van der Waals surface area (Å²) in [6.45, 7) is -0.181. The predicted molar refractivity (Wildman–Crippen MR) is 480 cm³/mol. The van der Waals surface area contributed by atoms with Crippen molar-refractivity contribution in [2.75, 3.05) is 12.4 Å². The van der Waals surface area contributed by atoms with Crippen molar-refractivity contribution in [3.05, 3.63) is 346 Å². The molecule has 1 amide bonds. The van der Waals surface area contributed by atoms with Crippen LogP contribution in [0.15, 0.2) is 382 Å². The zero-order chi connectivity index (χ0) is 83.2. The number of carbonyl (C=O) groups excluding carboxylic acids is 2. The number of nitrogens with one attached hydrogen (secondary N) is 1. The maximum atomic E-state index is 13.2. The largest absolute Gasteiger partial charge is 1.00 e. The summed E-state index contributed by atoms with van der Waals surface area (Å²) in [4.78, 5) is 68.1. The molecule has 4 unspecified atom stereocenters. The fraction of sp³-hybridized carbons (Fsp3) is 0.158. The van der Waals surface area contributed by atoms with Crippen LogP contribution in [0.1, 0.15) is 85.4 Å². The van der Waals surface area contributed by atoms with Crippen LogP contribution in [0.5, 0.6) is 0 Å². The van der Waals surface area contributed by atoms with Crippen molar-refractivity contribution < 1.29 is 157 Å². The monoisotopic (exact) mass is 1850 g/mol. The summed E-state index contributed by atoms with van der Waals surface area (Å²) < 4.78 is 41.8. The Hall–Kier alpha value is -5.65. The second-order valence-electron chi connectivity index (χ2n) is 27.6. The Morgan fingerprint density at radius 3 is 1.27 bits per heavy atom. The van der Waals surface area contributed by atoms with E-state index in [0.29, 0.717) is 43.3 Å². The number of fused-ring (bicyclic) bond motifs is 10. The molecular formula is C95H79Cl2F3K2N2O9S8. The van der Waals surface area contributed by atoms with Gasteiger partial charge < -0.3 is 26.9 Å². The van der Waals surface area contributed by atoms with Crippen molar-refractivity contribution in [2.24, 2.45) is 0 Å². The first-order valence-corrected chi connectivity index (χ1v) is 45.5. The standard InChI is InChI=1S/C28H22F3NOS2.C26H23NS2.C19H14O2S2.C19H12OS2.CH2Cl2.CH2O3.CH4O2.2K.H/c29-28(30,31)27(33)32-18-10-11-19(32)15-17(14-18)26-22-8-4-5-9-24(22)35-25-16-21(12-13-23(25)26)34-20-6-2-1-3-7-20;1-2-6-20(7-3-1)28-21-12-13-23-25(16-21)29-24-9-5-4-8-22(24)26(23)17-14-18-10-11-19(15-17)27-18;20-19(21)17-12-11-16(22-14-7-3-1-4-8-14)13-18(17)23-15-9-5-2-6-10-15;20-19-15-8-4-5-9-17(15)22-18-12-14(10-11-16(18)19)21-13-6-2-1-3-7-13;2-1-3;2-1-4-3;1-3-2;;;/h1-9,12-13,16,18-19H,10-11,14-15H2;1-9,12-13,16,18-19,27H,10-11,14-15H2;1-13H,(H,20,21);1-12H;1H2;1,3H;2H,1H3;;;/q;;;;;;;2*+1;-1/p-1. The molecule has 0 aliphatic carbocycles. The van der Waals surface area contributed by atoms with Crippen molar-refractivity contribution in [1.29, 1.82) is 0 Å². The normalized spacial score (nSPS) is 15.9. The van der Waals surface area contributed by atoms with Crippen LogP contribution in [-0.2, 0) is 19.4 Å². The number of alkyl halides is 5. The molecule has 0 saturated carbocycles. The molecule has 0 spiro atoms. The first-order valence-electron chi connectivity index (χ1n) is 37.9. The van der Waals surface area contributed by atoms with Crippen molar-refractivity contribution in [3.8, 4) is 0 Å². The molecule has 26 heteroatoms. The minimum Gasteiger partial charge on any atom is -1.00 e. The molecule has 3 N–H and O–H groups in total. The smallest absolute Gasteiger partial charge is 1.00 e. The van der Waals surface area contributed by atoms with Gasteiger partial charge in [0.25, 0.3) is 6.47 Å². The van der Waals surface area contributed by atoms with Crippen LogP contribution < -0.4 is 119 Å². The summed E-state index contributed by atoms with van der Waals surface area (Å²) in [6, 6.07) is 102. The van der Waals surface area contributed by atoms with Gasteiger partial charge >= 0.3 is 121 Å². The number of aromatic carboxylic acids is 1. The Labute approximate surface area is 831 Å². The first kappa shape index (κ1) is 96.0. The van der Waals surface area contributed by atoms with Crippen LogP contribution in [0, 0.1) is 0 Å². The van der Waals surface area contributed by atoms with Gasteiger partial charge in [-0.2, -0.15) is 13.2 Å². The number of benzene rings is 12. The van der Waals surface area contributed by atoms with E-state index >= 15 is 0 Å². The molecule has 4 fully saturated rings. The Morgan fingerprint density at radius 2 is 0.843 bits per heavy atom. The van der Waals surface area contributed by atoms with Crippen LogP contribution >= 0.6 is 117 Å². The van der Waals surface area contributed by atoms with E-state index in [-0.39, 0.29) is 134 Å². The summed E-state index contributed by atoms with van der Waals surface area (Å²) in [6.07, 6.45) is 2.47. The second-order valence-corrected chi connectivity index (χ2v) is 37.4. The maximum Gasteiger partial charge on any atom is 1.00 e. The molecule has 121 heavy (non-hydrogen) atoms. The van der Waals surface area contributed by atoms with Crippen molar-refractivity contribution in [1.82, 2.24) is 10.2 Å². The van der Waals surface area contributed by atoms with Gasteiger partial charge in [0.2, 0.25) is 0 Å². The fourth-order valence-electron chi connectivity index (χ4n) is 15.1. The first-order chi connectivity index (χ1) is 58.0. The van der Waals surface area contributed by atoms with E-state index in [1.54, 1.807) is 70.0 Å². The third kappa shape index (κ3) is 25.8. The van der Waals surface area contributed by atoms with Gasteiger partial charge in [-0.25, -0.2) is 9.68 Å². The topological polar surface area (TPSA) is 166 Å². The quantitative estimate of drug-likeness (QED) is 0.0264. The molecule has 19 rings (SSSR count). The predicted octanol–water partition coefficient (Wildman–Crippen LogP) is 20.2. The summed E-state index contributed by atoms with van der Waals surface area (Å²) >= 11 is 23.3. The number of hydrogen-bond acceptors (Lipinski definition) is 17. The molecule has 4 bridgehead atoms. The Kier molecular flexibility index (Phi) is 37.9. The van der Waals surface area contributed by atoms with E-state index in [1.807, 2.05) is 181 Å². The molecule has 11 nitrogen and oxygen atoms in total. The van der Waals surface area contributed by atoms with Gasteiger partial charge in [-0.3, -0.25) is 19.6 Å². The number of hydrogen-bond donors (Lipinski definition) is 3. The third-order valence-electron chi connectivity index (χ3n) is 19.9. The number of carboxylic acid groups (broad SMARTS) is 1. The van der Waals surface area contributed by atoms with E-state index in [1.165, 1.54) is 96.2 Å². The van der Waals surface area contributed by atoms with Gasteiger partial charge in [-0.05, 0) is 230 Å². The Bertz CT molecular complexity index is 5800. The molecule has 7 heterocycles. The van der Waals surface area contributed by atoms with Crippen LogP contribution in [-0.4, -0.2) is 76.4 Å². The van der Waals surface area contributed by atoms with Gasteiger partial charge in [0.15, 0.2) is 5.43 Å². The Morgan fingerprint density at radius 1 is 0.488 bits per heavy atom. The van der Waals surface area contributed by atoms with E-state index in [9.17, 15) is 32.7 Å². The Balaban J connectivity index is 0.000000165. The number of carboxylic acids is 1. The SMILES string of the molecule is COO.ClCCl.O=C(N1C2CCC1CC(=C1c3ccccc3Sc3cc(Sc4ccccc4)ccc31)C2)C(F)(F)F.O=C(O)c1ccc(Sc2ccccc2)cc1Sc1ccccc1.O=CO[O-].O=c1c2ccccc2sc2cc(Sc3ccccc3)ccc12.[H-].[K+].[K+].c1ccc(Sc2ccc3c(c2)Sc2ccccc2C3=C2CC3CCC(C2)N3)cc1. The van der Waals surface area contributed by atoms with Crippen LogP contribution in [0.25, 0.3) is 31.3 Å². The number of nitrogens with zero attached hydrogens (tertiary/aromatic N) is 1. The van der Waals surface area contributed by atoms with Crippen molar-refractivity contribution in [3.63, 3.8) is 0 Å². The molecular weight excluding hydrogens is 1780 g/mol. The molecule has 0 radical (unpaired) electrons. The maximum absolute atomic E-state index is 13.2. The molecule has 608 valence electrons. The van der Waals surface area contributed by atoms with E-state index in [0.717, 1.165) is 80.9 Å².